The van der Waals surface area contributed by atoms with E-state index in [9.17, 15) is 4.79 Å². The lowest BCUT2D eigenvalue weighted by atomic mass is 10.4. The molecular weight excluding hydrogens is 156 g/mol. The molecule has 0 aliphatic heterocycles. The largest absolute Gasteiger partial charge is 0.284 e. The fraction of sp³-hybridized carbons (Fsp3) is 0.143. The highest BCUT2D eigenvalue weighted by atomic mass is 16.1. The maximum absolute atomic E-state index is 10.9. The van der Waals surface area contributed by atoms with Crippen LogP contribution in [0.3, 0.4) is 0 Å². The molecule has 60 valence electrons. The number of carbonyl (C=O) groups excluding carboxylic acids is 1. The van der Waals surface area contributed by atoms with Gasteiger partial charge in [0.2, 0.25) is 0 Å². The van der Waals surface area contributed by atoms with Crippen molar-refractivity contribution in [1.29, 1.82) is 5.26 Å². The number of aromatic nitrogens is 2. The second-order valence-electron chi connectivity index (χ2n) is 2.11. The number of amides is 1. The molecule has 0 aliphatic carbocycles. The minimum Gasteiger partial charge on any atom is -0.266 e. The third-order valence-electron chi connectivity index (χ3n) is 1.18. The second-order valence-corrected chi connectivity index (χ2v) is 2.11. The van der Waals surface area contributed by atoms with E-state index in [-0.39, 0.29) is 5.69 Å². The molecule has 0 radical (unpaired) electrons. The highest BCUT2D eigenvalue weighted by molar-refractivity contribution is 5.92. The van der Waals surface area contributed by atoms with Crippen LogP contribution in [-0.2, 0) is 0 Å². The Morgan fingerprint density at radius 3 is 2.83 bits per heavy atom. The van der Waals surface area contributed by atoms with Crippen LogP contribution >= 0.6 is 0 Å². The Bertz CT molecular complexity index is 324. The SMILES string of the molecule is Cc1cnc(C(=O)NC#N)cn1. The molecule has 1 N–H and O–H groups in total. The van der Waals surface area contributed by atoms with Gasteiger partial charge < -0.3 is 0 Å². The standard InChI is InChI=1S/C7H6N4O/c1-5-2-10-6(3-9-5)7(12)11-4-8/h2-3H,1H3,(H,11,12). The molecule has 0 unspecified atom stereocenters. The van der Waals surface area contributed by atoms with E-state index in [1.54, 1.807) is 6.92 Å². The summed E-state index contributed by atoms with van der Waals surface area (Å²) in [6.45, 7) is 1.76. The molecule has 5 nitrogen and oxygen atoms in total. The molecule has 1 aromatic heterocycles. The third-order valence-corrected chi connectivity index (χ3v) is 1.18. The van der Waals surface area contributed by atoms with Gasteiger partial charge in [-0.05, 0) is 6.92 Å². The van der Waals surface area contributed by atoms with E-state index in [2.05, 4.69) is 9.97 Å². The first-order valence-corrected chi connectivity index (χ1v) is 3.22. The quantitative estimate of drug-likeness (QED) is 0.465. The van der Waals surface area contributed by atoms with E-state index in [0.717, 1.165) is 5.69 Å². The lowest BCUT2D eigenvalue weighted by molar-refractivity contribution is 0.0967. The zero-order valence-electron chi connectivity index (χ0n) is 6.40. The molecule has 0 spiro atoms. The number of nitriles is 1. The van der Waals surface area contributed by atoms with Gasteiger partial charge >= 0.3 is 0 Å². The number of hydrogen-bond donors (Lipinski definition) is 1. The number of hydrogen-bond acceptors (Lipinski definition) is 4. The van der Waals surface area contributed by atoms with Gasteiger partial charge in [-0.25, -0.2) is 4.98 Å². The normalized spacial score (nSPS) is 8.67. The third kappa shape index (κ3) is 1.76. The molecule has 1 rings (SSSR count). The highest BCUT2D eigenvalue weighted by Crippen LogP contribution is 1.92. The van der Waals surface area contributed by atoms with E-state index in [1.165, 1.54) is 18.6 Å². The van der Waals surface area contributed by atoms with Crippen molar-refractivity contribution in [1.82, 2.24) is 15.3 Å². The first-order chi connectivity index (χ1) is 5.74. The first kappa shape index (κ1) is 8.14. The molecular formula is C7H6N4O. The van der Waals surface area contributed by atoms with Crippen molar-refractivity contribution < 1.29 is 4.79 Å². The Labute approximate surface area is 69.1 Å². The van der Waals surface area contributed by atoms with Crippen LogP contribution < -0.4 is 5.32 Å². The number of rotatable bonds is 1. The first-order valence-electron chi connectivity index (χ1n) is 3.22. The fourth-order valence-electron chi connectivity index (χ4n) is 0.625. The molecule has 5 heteroatoms. The van der Waals surface area contributed by atoms with Gasteiger partial charge in [0.25, 0.3) is 5.91 Å². The van der Waals surface area contributed by atoms with Gasteiger partial charge in [0.1, 0.15) is 5.69 Å². The van der Waals surface area contributed by atoms with Crippen molar-refractivity contribution in [2.45, 2.75) is 6.92 Å². The number of nitrogens with one attached hydrogen (secondary N) is 1. The van der Waals surface area contributed by atoms with E-state index in [1.807, 2.05) is 5.32 Å². The Morgan fingerprint density at radius 1 is 1.58 bits per heavy atom. The van der Waals surface area contributed by atoms with Gasteiger partial charge in [0, 0.05) is 6.20 Å². The summed E-state index contributed by atoms with van der Waals surface area (Å²) >= 11 is 0. The van der Waals surface area contributed by atoms with Crippen molar-refractivity contribution in [3.63, 3.8) is 0 Å². The van der Waals surface area contributed by atoms with Crippen LogP contribution in [0.5, 0.6) is 0 Å². The maximum atomic E-state index is 10.9. The van der Waals surface area contributed by atoms with Crippen LogP contribution in [0.2, 0.25) is 0 Å². The topological polar surface area (TPSA) is 78.7 Å². The minimum atomic E-state index is -0.537. The van der Waals surface area contributed by atoms with E-state index in [0.29, 0.717) is 0 Å². The summed E-state index contributed by atoms with van der Waals surface area (Å²) < 4.78 is 0. The van der Waals surface area contributed by atoms with Gasteiger partial charge in [0.15, 0.2) is 6.19 Å². The molecule has 0 atom stereocenters. The molecule has 1 heterocycles. The number of nitrogens with zero attached hydrogens (tertiary/aromatic N) is 3. The zero-order chi connectivity index (χ0) is 8.97. The summed E-state index contributed by atoms with van der Waals surface area (Å²) in [5, 5.41) is 10.1. The molecule has 0 saturated carbocycles. The van der Waals surface area contributed by atoms with Gasteiger partial charge in [-0.2, -0.15) is 5.26 Å². The summed E-state index contributed by atoms with van der Waals surface area (Å²) in [4.78, 5) is 18.5. The molecule has 0 aromatic carbocycles. The Hall–Kier alpha value is -1.96. The molecule has 0 fully saturated rings. The molecule has 12 heavy (non-hydrogen) atoms. The maximum Gasteiger partial charge on any atom is 0.284 e. The Morgan fingerprint density at radius 2 is 2.33 bits per heavy atom. The Balaban J connectivity index is 2.84. The van der Waals surface area contributed by atoms with Crippen LogP contribution in [0.25, 0.3) is 0 Å². The lowest BCUT2D eigenvalue weighted by Gasteiger charge is -1.95. The predicted molar refractivity (Wildman–Crippen MR) is 39.8 cm³/mol. The molecule has 1 amide bonds. The monoisotopic (exact) mass is 162 g/mol. The summed E-state index contributed by atoms with van der Waals surface area (Å²) in [5.74, 6) is -0.537. The average Bonchev–Trinajstić information content (AvgIpc) is 2.06. The van der Waals surface area contributed by atoms with E-state index in [4.69, 9.17) is 5.26 Å². The number of carbonyl (C=O) groups is 1. The molecule has 1 aromatic rings. The fourth-order valence-corrected chi connectivity index (χ4v) is 0.625. The second kappa shape index (κ2) is 3.44. The highest BCUT2D eigenvalue weighted by Gasteiger charge is 2.04. The summed E-state index contributed by atoms with van der Waals surface area (Å²) in [6, 6.07) is 0. The van der Waals surface area contributed by atoms with Crippen LogP contribution in [0.4, 0.5) is 0 Å². The summed E-state index contributed by atoms with van der Waals surface area (Å²) in [6.07, 6.45) is 4.30. The molecule has 0 aliphatic rings. The van der Waals surface area contributed by atoms with Crippen LogP contribution in [-0.4, -0.2) is 15.9 Å². The summed E-state index contributed by atoms with van der Waals surface area (Å²) in [5.41, 5.74) is 0.866. The van der Waals surface area contributed by atoms with Gasteiger partial charge in [-0.3, -0.25) is 15.1 Å². The van der Waals surface area contributed by atoms with Crippen LogP contribution in [0.15, 0.2) is 12.4 Å². The van der Waals surface area contributed by atoms with Crippen molar-refractivity contribution in [3.05, 3.63) is 23.8 Å². The molecule has 0 bridgehead atoms. The average molecular weight is 162 g/mol. The zero-order valence-corrected chi connectivity index (χ0v) is 6.40. The molecule has 0 saturated heterocycles. The lowest BCUT2D eigenvalue weighted by Crippen LogP contribution is -2.18. The van der Waals surface area contributed by atoms with Crippen molar-refractivity contribution in [2.24, 2.45) is 0 Å². The van der Waals surface area contributed by atoms with Crippen LogP contribution in [0, 0.1) is 18.4 Å². The van der Waals surface area contributed by atoms with Gasteiger partial charge in [0.05, 0.1) is 11.9 Å². The number of aryl methyl sites for hydroxylation is 1. The van der Waals surface area contributed by atoms with Crippen LogP contribution in [0.1, 0.15) is 16.2 Å². The van der Waals surface area contributed by atoms with Gasteiger partial charge in [-0.15, -0.1) is 0 Å². The smallest absolute Gasteiger partial charge is 0.266 e. The van der Waals surface area contributed by atoms with Crippen molar-refractivity contribution >= 4 is 5.91 Å². The van der Waals surface area contributed by atoms with E-state index < -0.39 is 5.91 Å². The van der Waals surface area contributed by atoms with Crippen molar-refractivity contribution in [3.8, 4) is 6.19 Å². The Kier molecular flexibility index (Phi) is 2.33. The minimum absolute atomic E-state index is 0.141. The van der Waals surface area contributed by atoms with E-state index >= 15 is 0 Å². The predicted octanol–water partition coefficient (Wildman–Crippen LogP) is -0.00410. The van der Waals surface area contributed by atoms with Gasteiger partial charge in [-0.1, -0.05) is 0 Å². The summed E-state index contributed by atoms with van der Waals surface area (Å²) in [7, 11) is 0. The van der Waals surface area contributed by atoms with Crippen molar-refractivity contribution in [2.75, 3.05) is 0 Å².